The van der Waals surface area contributed by atoms with Gasteiger partial charge in [0.2, 0.25) is 5.91 Å². The first-order valence-electron chi connectivity index (χ1n) is 6.80. The molecule has 0 aromatic rings. The van der Waals surface area contributed by atoms with Gasteiger partial charge in [0.15, 0.2) is 9.84 Å². The van der Waals surface area contributed by atoms with Crippen molar-refractivity contribution in [1.29, 1.82) is 0 Å². The minimum absolute atomic E-state index is 0.0137. The van der Waals surface area contributed by atoms with Gasteiger partial charge in [-0.3, -0.25) is 9.69 Å². The van der Waals surface area contributed by atoms with E-state index in [0.29, 0.717) is 25.4 Å². The molecule has 110 valence electrons. The van der Waals surface area contributed by atoms with Gasteiger partial charge in [-0.2, -0.15) is 0 Å². The van der Waals surface area contributed by atoms with E-state index in [9.17, 15) is 13.2 Å². The SMILES string of the molecule is CN(C(=O)CN1CCC(CN)C1)C1CCS(=O)(=O)C1. The number of carbonyl (C=O) groups excluding carboxylic acids is 1. The summed E-state index contributed by atoms with van der Waals surface area (Å²) >= 11 is 0. The summed E-state index contributed by atoms with van der Waals surface area (Å²) in [7, 11) is -1.23. The standard InChI is InChI=1S/C12H23N3O3S/c1-14(11-3-5-19(17,18)9-11)12(16)8-15-4-2-10(6-13)7-15/h10-11H,2-9,13H2,1H3. The van der Waals surface area contributed by atoms with Gasteiger partial charge in [0, 0.05) is 19.6 Å². The predicted octanol–water partition coefficient (Wildman–Crippen LogP) is -1.09. The molecule has 0 aliphatic carbocycles. The maximum atomic E-state index is 12.2. The van der Waals surface area contributed by atoms with Crippen LogP contribution in [0, 0.1) is 5.92 Å². The number of nitrogens with zero attached hydrogens (tertiary/aromatic N) is 2. The molecule has 6 nitrogen and oxygen atoms in total. The smallest absolute Gasteiger partial charge is 0.236 e. The topological polar surface area (TPSA) is 83.7 Å². The van der Waals surface area contributed by atoms with Crippen molar-refractivity contribution in [2.45, 2.75) is 18.9 Å². The minimum atomic E-state index is -2.94. The number of likely N-dealkylation sites (N-methyl/N-ethyl adjacent to an activating group) is 1. The molecule has 2 aliphatic heterocycles. The normalized spacial score (nSPS) is 30.6. The van der Waals surface area contributed by atoms with Crippen LogP contribution in [0.5, 0.6) is 0 Å². The second-order valence-electron chi connectivity index (χ2n) is 5.69. The Bertz CT molecular complexity index is 438. The van der Waals surface area contributed by atoms with Gasteiger partial charge in [-0.25, -0.2) is 8.42 Å². The Hall–Kier alpha value is -0.660. The Kier molecular flexibility index (Phi) is 4.47. The number of hydrogen-bond donors (Lipinski definition) is 1. The van der Waals surface area contributed by atoms with Gasteiger partial charge in [-0.05, 0) is 31.8 Å². The molecule has 2 fully saturated rings. The molecule has 2 aliphatic rings. The fourth-order valence-electron chi connectivity index (χ4n) is 2.84. The van der Waals surface area contributed by atoms with Gasteiger partial charge in [0.05, 0.1) is 18.1 Å². The number of likely N-dealkylation sites (tertiary alicyclic amines) is 1. The largest absolute Gasteiger partial charge is 0.341 e. The van der Waals surface area contributed by atoms with Crippen LogP contribution in [0.15, 0.2) is 0 Å². The molecule has 2 heterocycles. The lowest BCUT2D eigenvalue weighted by Gasteiger charge is -2.26. The minimum Gasteiger partial charge on any atom is -0.341 e. The number of amides is 1. The molecular formula is C12H23N3O3S. The molecule has 19 heavy (non-hydrogen) atoms. The van der Waals surface area contributed by atoms with Crippen molar-refractivity contribution in [2.24, 2.45) is 11.7 Å². The van der Waals surface area contributed by atoms with Crippen LogP contribution in [0.25, 0.3) is 0 Å². The number of nitrogens with two attached hydrogens (primary N) is 1. The molecule has 2 saturated heterocycles. The molecule has 0 aromatic heterocycles. The van der Waals surface area contributed by atoms with Gasteiger partial charge in [-0.15, -0.1) is 0 Å². The van der Waals surface area contributed by atoms with Gasteiger partial charge in [-0.1, -0.05) is 0 Å². The molecule has 0 aromatic carbocycles. The second-order valence-corrected chi connectivity index (χ2v) is 7.92. The van der Waals surface area contributed by atoms with E-state index >= 15 is 0 Å². The summed E-state index contributed by atoms with van der Waals surface area (Å²) in [5.74, 6) is 0.819. The molecule has 2 rings (SSSR count). The maximum absolute atomic E-state index is 12.2. The van der Waals surface area contributed by atoms with Crippen molar-refractivity contribution < 1.29 is 13.2 Å². The van der Waals surface area contributed by atoms with Crippen molar-refractivity contribution in [3.8, 4) is 0 Å². The molecule has 2 atom stereocenters. The zero-order valence-electron chi connectivity index (χ0n) is 11.4. The van der Waals surface area contributed by atoms with Crippen LogP contribution in [-0.2, 0) is 14.6 Å². The molecule has 0 bridgehead atoms. The lowest BCUT2D eigenvalue weighted by molar-refractivity contribution is -0.132. The zero-order chi connectivity index (χ0) is 14.0. The monoisotopic (exact) mass is 289 g/mol. The predicted molar refractivity (Wildman–Crippen MR) is 73.4 cm³/mol. The summed E-state index contributed by atoms with van der Waals surface area (Å²) in [5.41, 5.74) is 5.63. The van der Waals surface area contributed by atoms with E-state index in [-0.39, 0.29) is 23.5 Å². The van der Waals surface area contributed by atoms with Crippen molar-refractivity contribution in [3.63, 3.8) is 0 Å². The third-order valence-electron chi connectivity index (χ3n) is 4.21. The number of sulfone groups is 1. The summed E-state index contributed by atoms with van der Waals surface area (Å²) < 4.78 is 22.9. The Morgan fingerprint density at radius 1 is 1.42 bits per heavy atom. The fourth-order valence-corrected chi connectivity index (χ4v) is 4.61. The van der Waals surface area contributed by atoms with Crippen molar-refractivity contribution in [2.75, 3.05) is 44.7 Å². The number of hydrogen-bond acceptors (Lipinski definition) is 5. The highest BCUT2D eigenvalue weighted by Gasteiger charge is 2.33. The number of rotatable bonds is 4. The van der Waals surface area contributed by atoms with Crippen LogP contribution in [-0.4, -0.2) is 74.9 Å². The van der Waals surface area contributed by atoms with Gasteiger partial charge < -0.3 is 10.6 Å². The summed E-state index contributed by atoms with van der Waals surface area (Å²) in [4.78, 5) is 15.9. The summed E-state index contributed by atoms with van der Waals surface area (Å²) in [6.07, 6.45) is 1.61. The summed E-state index contributed by atoms with van der Waals surface area (Å²) in [6.45, 7) is 2.83. The molecular weight excluding hydrogens is 266 g/mol. The lowest BCUT2D eigenvalue weighted by Crippen LogP contribution is -2.43. The number of carbonyl (C=O) groups is 1. The van der Waals surface area contributed by atoms with Gasteiger partial charge >= 0.3 is 0 Å². The highest BCUT2D eigenvalue weighted by molar-refractivity contribution is 7.91. The van der Waals surface area contributed by atoms with Crippen molar-refractivity contribution in [3.05, 3.63) is 0 Å². The highest BCUT2D eigenvalue weighted by Crippen LogP contribution is 2.18. The first-order valence-corrected chi connectivity index (χ1v) is 8.62. The molecule has 0 radical (unpaired) electrons. The molecule has 0 saturated carbocycles. The molecule has 0 spiro atoms. The Labute approximate surface area is 114 Å². The Balaban J connectivity index is 1.83. The van der Waals surface area contributed by atoms with E-state index in [2.05, 4.69) is 4.90 Å². The van der Waals surface area contributed by atoms with Gasteiger partial charge in [0.25, 0.3) is 0 Å². The van der Waals surface area contributed by atoms with Crippen LogP contribution < -0.4 is 5.73 Å². The average Bonchev–Trinajstić information content (AvgIpc) is 2.94. The van der Waals surface area contributed by atoms with E-state index in [1.54, 1.807) is 11.9 Å². The van der Waals surface area contributed by atoms with E-state index in [4.69, 9.17) is 5.73 Å². The lowest BCUT2D eigenvalue weighted by atomic mass is 10.1. The Morgan fingerprint density at radius 3 is 2.68 bits per heavy atom. The van der Waals surface area contributed by atoms with E-state index in [0.717, 1.165) is 19.5 Å². The van der Waals surface area contributed by atoms with Crippen LogP contribution in [0.3, 0.4) is 0 Å². The van der Waals surface area contributed by atoms with E-state index < -0.39 is 9.84 Å². The third-order valence-corrected chi connectivity index (χ3v) is 5.96. The van der Waals surface area contributed by atoms with Crippen LogP contribution in [0.2, 0.25) is 0 Å². The zero-order valence-corrected chi connectivity index (χ0v) is 12.2. The Morgan fingerprint density at radius 2 is 2.16 bits per heavy atom. The first kappa shape index (κ1) is 14.7. The fraction of sp³-hybridized carbons (Fsp3) is 0.917. The molecule has 2 unspecified atom stereocenters. The second kappa shape index (κ2) is 5.76. The quantitative estimate of drug-likeness (QED) is 0.711. The van der Waals surface area contributed by atoms with E-state index in [1.165, 1.54) is 0 Å². The molecule has 7 heteroatoms. The third kappa shape index (κ3) is 3.67. The van der Waals surface area contributed by atoms with Gasteiger partial charge in [0.1, 0.15) is 0 Å². The van der Waals surface area contributed by atoms with Crippen molar-refractivity contribution in [1.82, 2.24) is 9.80 Å². The first-order chi connectivity index (χ1) is 8.91. The van der Waals surface area contributed by atoms with Crippen molar-refractivity contribution >= 4 is 15.7 Å². The molecule has 1 amide bonds. The summed E-state index contributed by atoms with van der Waals surface area (Å²) in [5, 5.41) is 0. The maximum Gasteiger partial charge on any atom is 0.236 e. The highest BCUT2D eigenvalue weighted by atomic mass is 32.2. The average molecular weight is 289 g/mol. The molecule has 2 N–H and O–H groups in total. The van der Waals surface area contributed by atoms with E-state index in [1.807, 2.05) is 0 Å². The van der Waals surface area contributed by atoms with Crippen LogP contribution in [0.4, 0.5) is 0 Å². The summed E-state index contributed by atoms with van der Waals surface area (Å²) in [6, 6.07) is -0.148. The van der Waals surface area contributed by atoms with Crippen LogP contribution in [0.1, 0.15) is 12.8 Å². The van der Waals surface area contributed by atoms with Crippen LogP contribution >= 0.6 is 0 Å².